The van der Waals surface area contributed by atoms with Gasteiger partial charge in [0.05, 0.1) is 11.3 Å². The zero-order valence-electron chi connectivity index (χ0n) is 8.00. The second-order valence-corrected chi connectivity index (χ2v) is 3.72. The second kappa shape index (κ2) is 2.64. The number of aromatic hydroxyl groups is 1. The Labute approximate surface area is 81.5 Å². The van der Waals surface area contributed by atoms with Crippen LogP contribution in [-0.2, 0) is 10.3 Å². The molecule has 1 aromatic carbocycles. The van der Waals surface area contributed by atoms with Crippen molar-refractivity contribution in [2.45, 2.75) is 19.4 Å². The molecular weight excluding hydrogens is 182 g/mol. The molecule has 0 atom stereocenters. The minimum Gasteiger partial charge on any atom is -0.507 e. The van der Waals surface area contributed by atoms with Crippen LogP contribution in [0.25, 0.3) is 0 Å². The fourth-order valence-corrected chi connectivity index (χ4v) is 1.70. The van der Waals surface area contributed by atoms with Crippen LogP contribution in [0, 0.1) is 0 Å². The SMILES string of the molecule is CC1(C)OC(=O)Nc2cccc(O)c21. The van der Waals surface area contributed by atoms with Crippen LogP contribution in [0.2, 0.25) is 0 Å². The van der Waals surface area contributed by atoms with Crippen molar-refractivity contribution >= 4 is 11.8 Å². The second-order valence-electron chi connectivity index (χ2n) is 3.72. The Bertz CT molecular complexity index is 398. The van der Waals surface area contributed by atoms with Gasteiger partial charge in [-0.3, -0.25) is 5.32 Å². The van der Waals surface area contributed by atoms with Gasteiger partial charge in [-0.15, -0.1) is 0 Å². The fourth-order valence-electron chi connectivity index (χ4n) is 1.70. The topological polar surface area (TPSA) is 58.6 Å². The number of cyclic esters (lactones) is 1. The van der Waals surface area contributed by atoms with E-state index in [1.165, 1.54) is 0 Å². The zero-order valence-corrected chi connectivity index (χ0v) is 8.00. The van der Waals surface area contributed by atoms with Gasteiger partial charge in [0.2, 0.25) is 0 Å². The fraction of sp³-hybridized carbons (Fsp3) is 0.300. The van der Waals surface area contributed by atoms with E-state index in [1.807, 2.05) is 0 Å². The molecule has 0 aromatic heterocycles. The lowest BCUT2D eigenvalue weighted by Crippen LogP contribution is -2.34. The Kier molecular flexibility index (Phi) is 1.67. The molecule has 0 spiro atoms. The summed E-state index contributed by atoms with van der Waals surface area (Å²) in [5.41, 5.74) is 0.425. The zero-order chi connectivity index (χ0) is 10.3. The van der Waals surface area contributed by atoms with Crippen LogP contribution in [0.1, 0.15) is 19.4 Å². The van der Waals surface area contributed by atoms with Gasteiger partial charge in [-0.1, -0.05) is 6.07 Å². The third-order valence-corrected chi connectivity index (χ3v) is 2.23. The average Bonchev–Trinajstić information content (AvgIpc) is 2.00. The van der Waals surface area contributed by atoms with Gasteiger partial charge < -0.3 is 9.84 Å². The van der Waals surface area contributed by atoms with E-state index in [-0.39, 0.29) is 5.75 Å². The first-order chi connectivity index (χ1) is 6.50. The summed E-state index contributed by atoms with van der Waals surface area (Å²) in [6.07, 6.45) is -0.492. The lowest BCUT2D eigenvalue weighted by atomic mass is 9.94. The van der Waals surface area contributed by atoms with Crippen LogP contribution in [0.5, 0.6) is 5.75 Å². The molecule has 1 aromatic rings. The van der Waals surface area contributed by atoms with Crippen LogP contribution in [0.15, 0.2) is 18.2 Å². The van der Waals surface area contributed by atoms with E-state index in [1.54, 1.807) is 32.0 Å². The highest BCUT2D eigenvalue weighted by Gasteiger charge is 2.35. The number of ether oxygens (including phenoxy) is 1. The number of phenolic OH excluding ortho intramolecular Hbond substituents is 1. The third-order valence-electron chi connectivity index (χ3n) is 2.23. The van der Waals surface area contributed by atoms with Gasteiger partial charge in [0.25, 0.3) is 0 Å². The number of amides is 1. The van der Waals surface area contributed by atoms with E-state index in [9.17, 15) is 9.90 Å². The molecule has 0 radical (unpaired) electrons. The number of anilines is 1. The molecule has 1 aliphatic rings. The molecule has 1 amide bonds. The van der Waals surface area contributed by atoms with Crippen LogP contribution in [0.3, 0.4) is 0 Å². The Hall–Kier alpha value is -1.71. The highest BCUT2D eigenvalue weighted by molar-refractivity contribution is 5.89. The third kappa shape index (κ3) is 1.19. The van der Waals surface area contributed by atoms with Crippen molar-refractivity contribution in [1.82, 2.24) is 0 Å². The highest BCUT2D eigenvalue weighted by atomic mass is 16.6. The van der Waals surface area contributed by atoms with E-state index < -0.39 is 11.7 Å². The Morgan fingerprint density at radius 1 is 1.43 bits per heavy atom. The van der Waals surface area contributed by atoms with Crippen LogP contribution < -0.4 is 5.32 Å². The van der Waals surface area contributed by atoms with E-state index in [2.05, 4.69) is 5.32 Å². The molecule has 14 heavy (non-hydrogen) atoms. The number of benzene rings is 1. The maximum absolute atomic E-state index is 11.1. The maximum Gasteiger partial charge on any atom is 0.412 e. The molecule has 0 bridgehead atoms. The Morgan fingerprint density at radius 2 is 2.14 bits per heavy atom. The summed E-state index contributed by atoms with van der Waals surface area (Å²) < 4.78 is 5.07. The number of hydrogen-bond acceptors (Lipinski definition) is 3. The molecule has 1 aliphatic heterocycles. The molecule has 1 heterocycles. The van der Waals surface area contributed by atoms with E-state index >= 15 is 0 Å². The predicted molar refractivity (Wildman–Crippen MR) is 51.2 cm³/mol. The van der Waals surface area contributed by atoms with E-state index in [4.69, 9.17) is 4.74 Å². The molecule has 74 valence electrons. The first-order valence-corrected chi connectivity index (χ1v) is 4.33. The standard InChI is InChI=1S/C10H11NO3/c1-10(2)8-6(11-9(13)14-10)4-3-5-7(8)12/h3-5,12H,1-2H3,(H,11,13). The first kappa shape index (κ1) is 8.87. The summed E-state index contributed by atoms with van der Waals surface area (Å²) in [5, 5.41) is 12.2. The number of phenols is 1. The number of nitrogens with one attached hydrogen (secondary N) is 1. The van der Waals surface area contributed by atoms with Gasteiger partial charge in [-0.05, 0) is 26.0 Å². The van der Waals surface area contributed by atoms with Gasteiger partial charge in [0.1, 0.15) is 11.4 Å². The molecule has 0 aliphatic carbocycles. The van der Waals surface area contributed by atoms with Crippen LogP contribution in [0.4, 0.5) is 10.5 Å². The molecule has 0 fully saturated rings. The summed E-state index contributed by atoms with van der Waals surface area (Å²) in [5.74, 6) is 0.132. The summed E-state index contributed by atoms with van der Waals surface area (Å²) in [4.78, 5) is 11.1. The van der Waals surface area contributed by atoms with Crippen LogP contribution >= 0.6 is 0 Å². The largest absolute Gasteiger partial charge is 0.507 e. The van der Waals surface area contributed by atoms with Gasteiger partial charge in [-0.2, -0.15) is 0 Å². The summed E-state index contributed by atoms with van der Waals surface area (Å²) >= 11 is 0. The summed E-state index contributed by atoms with van der Waals surface area (Å²) in [7, 11) is 0. The van der Waals surface area contributed by atoms with Crippen LogP contribution in [-0.4, -0.2) is 11.2 Å². The van der Waals surface area contributed by atoms with Crippen molar-refractivity contribution in [3.8, 4) is 5.75 Å². The number of fused-ring (bicyclic) bond motifs is 1. The number of rotatable bonds is 0. The monoisotopic (exact) mass is 193 g/mol. The van der Waals surface area contributed by atoms with Crippen molar-refractivity contribution in [3.63, 3.8) is 0 Å². The Morgan fingerprint density at radius 3 is 2.86 bits per heavy atom. The molecule has 2 rings (SSSR count). The molecule has 0 unspecified atom stereocenters. The number of hydrogen-bond donors (Lipinski definition) is 2. The summed E-state index contributed by atoms with van der Waals surface area (Å²) in [6, 6.07) is 4.98. The molecular formula is C10H11NO3. The highest BCUT2D eigenvalue weighted by Crippen LogP contribution is 2.40. The number of carbonyl (C=O) groups excluding carboxylic acids is 1. The van der Waals surface area contributed by atoms with Crippen molar-refractivity contribution in [1.29, 1.82) is 0 Å². The minimum atomic E-state index is -0.789. The maximum atomic E-state index is 11.1. The van der Waals surface area contributed by atoms with Crippen molar-refractivity contribution in [2.24, 2.45) is 0 Å². The van der Waals surface area contributed by atoms with Gasteiger partial charge in [0.15, 0.2) is 0 Å². The number of carbonyl (C=O) groups is 1. The first-order valence-electron chi connectivity index (χ1n) is 4.33. The molecule has 4 heteroatoms. The van der Waals surface area contributed by atoms with Crippen molar-refractivity contribution in [3.05, 3.63) is 23.8 Å². The van der Waals surface area contributed by atoms with Gasteiger partial charge >= 0.3 is 6.09 Å². The molecule has 4 nitrogen and oxygen atoms in total. The average molecular weight is 193 g/mol. The predicted octanol–water partition coefficient (Wildman–Crippen LogP) is 2.19. The normalized spacial score (nSPS) is 18.0. The van der Waals surface area contributed by atoms with Gasteiger partial charge in [-0.25, -0.2) is 4.79 Å². The minimum absolute atomic E-state index is 0.132. The quantitative estimate of drug-likeness (QED) is 0.664. The van der Waals surface area contributed by atoms with Crippen molar-refractivity contribution in [2.75, 3.05) is 5.32 Å². The summed E-state index contributed by atoms with van der Waals surface area (Å²) in [6.45, 7) is 3.48. The van der Waals surface area contributed by atoms with Crippen molar-refractivity contribution < 1.29 is 14.6 Å². The molecule has 2 N–H and O–H groups in total. The van der Waals surface area contributed by atoms with E-state index in [0.29, 0.717) is 11.3 Å². The lowest BCUT2D eigenvalue weighted by Gasteiger charge is -2.32. The van der Waals surface area contributed by atoms with Gasteiger partial charge in [0, 0.05) is 0 Å². The molecule has 0 saturated heterocycles. The Balaban J connectivity index is 2.64. The smallest absolute Gasteiger partial charge is 0.412 e. The van der Waals surface area contributed by atoms with E-state index in [0.717, 1.165) is 0 Å². The molecule has 0 saturated carbocycles. The lowest BCUT2D eigenvalue weighted by molar-refractivity contribution is 0.0402.